The molecule has 0 aliphatic heterocycles. The lowest BCUT2D eigenvalue weighted by atomic mass is 9.92. The minimum Gasteiger partial charge on any atom is -0.319 e. The van der Waals surface area contributed by atoms with Crippen molar-refractivity contribution in [1.29, 1.82) is 0 Å². The van der Waals surface area contributed by atoms with Crippen molar-refractivity contribution in [3.8, 4) is 11.1 Å². The van der Waals surface area contributed by atoms with Gasteiger partial charge in [0.1, 0.15) is 7.14 Å². The summed E-state index contributed by atoms with van der Waals surface area (Å²) in [6.45, 7) is 3.65. The zero-order valence-electron chi connectivity index (χ0n) is 14.2. The van der Waals surface area contributed by atoms with Gasteiger partial charge in [-0.05, 0) is 70.3 Å². The standard InChI is InChI=1S/C22H18BrOP/c1-25(2,24)19-8-5-7-17(13-19)22-20-9-4-3-6-15(20)12-16-10-11-18(23)14-21(16)22/h3-14H,1-2H3. The largest absolute Gasteiger partial charge is 0.319 e. The molecule has 1 nitrogen and oxygen atoms in total. The van der Waals surface area contributed by atoms with Gasteiger partial charge in [-0.15, -0.1) is 0 Å². The number of hydrogen-bond acceptors (Lipinski definition) is 1. The van der Waals surface area contributed by atoms with E-state index in [2.05, 4.69) is 76.6 Å². The molecule has 0 heterocycles. The Morgan fingerprint density at radius 3 is 2.32 bits per heavy atom. The average molecular weight is 409 g/mol. The smallest absolute Gasteiger partial charge is 0.109 e. The van der Waals surface area contributed by atoms with E-state index in [-0.39, 0.29) is 0 Å². The molecule has 0 aliphatic rings. The van der Waals surface area contributed by atoms with Crippen LogP contribution in [0.5, 0.6) is 0 Å². The first-order chi connectivity index (χ1) is 11.9. The lowest BCUT2D eigenvalue weighted by Crippen LogP contribution is -2.02. The van der Waals surface area contributed by atoms with Crippen molar-refractivity contribution in [3.63, 3.8) is 0 Å². The van der Waals surface area contributed by atoms with Crippen LogP contribution in [-0.4, -0.2) is 13.3 Å². The lowest BCUT2D eigenvalue weighted by Gasteiger charge is -2.14. The zero-order chi connectivity index (χ0) is 17.6. The Bertz CT molecular complexity index is 1160. The third-order valence-corrected chi connectivity index (χ3v) is 6.60. The molecule has 0 saturated heterocycles. The summed E-state index contributed by atoms with van der Waals surface area (Å²) in [5.74, 6) is 0. The van der Waals surface area contributed by atoms with E-state index in [1.165, 1.54) is 27.1 Å². The molecule has 0 saturated carbocycles. The van der Waals surface area contributed by atoms with Gasteiger partial charge in [0.05, 0.1) is 0 Å². The molecule has 0 spiro atoms. The summed E-state index contributed by atoms with van der Waals surface area (Å²) in [4.78, 5) is 0. The second kappa shape index (κ2) is 6.12. The summed E-state index contributed by atoms with van der Waals surface area (Å²) in [6.07, 6.45) is 0. The molecule has 0 fully saturated rings. The van der Waals surface area contributed by atoms with Gasteiger partial charge >= 0.3 is 0 Å². The van der Waals surface area contributed by atoms with Crippen LogP contribution in [0.3, 0.4) is 0 Å². The van der Waals surface area contributed by atoms with Crippen molar-refractivity contribution >= 4 is 49.9 Å². The van der Waals surface area contributed by atoms with Gasteiger partial charge in [0.15, 0.2) is 0 Å². The molecule has 0 aromatic heterocycles. The van der Waals surface area contributed by atoms with Crippen LogP contribution in [0, 0.1) is 0 Å². The highest BCUT2D eigenvalue weighted by Crippen LogP contribution is 2.40. The van der Waals surface area contributed by atoms with Crippen LogP contribution in [0.15, 0.2) is 77.3 Å². The fourth-order valence-electron chi connectivity index (χ4n) is 3.34. The summed E-state index contributed by atoms with van der Waals surface area (Å²) in [5.41, 5.74) is 2.31. The van der Waals surface area contributed by atoms with E-state index >= 15 is 0 Å². The highest BCUT2D eigenvalue weighted by atomic mass is 79.9. The second-order valence-corrected chi connectivity index (χ2v) is 10.9. The normalized spacial score (nSPS) is 12.0. The van der Waals surface area contributed by atoms with Crippen LogP contribution >= 0.6 is 23.1 Å². The van der Waals surface area contributed by atoms with Crippen LogP contribution in [0.25, 0.3) is 32.7 Å². The van der Waals surface area contributed by atoms with E-state index in [1.54, 1.807) is 0 Å². The molecule has 0 aliphatic carbocycles. The molecule has 4 aromatic rings. The SMILES string of the molecule is CP(C)(=O)c1cccc(-c2c3ccccc3cc3ccc(Br)cc23)c1. The van der Waals surface area contributed by atoms with Crippen molar-refractivity contribution in [2.24, 2.45) is 0 Å². The van der Waals surface area contributed by atoms with E-state index < -0.39 is 7.14 Å². The molecule has 0 radical (unpaired) electrons. The molecule has 0 unspecified atom stereocenters. The van der Waals surface area contributed by atoms with Crippen LogP contribution in [0.1, 0.15) is 0 Å². The summed E-state index contributed by atoms with van der Waals surface area (Å²) < 4.78 is 13.6. The Morgan fingerprint density at radius 2 is 1.52 bits per heavy atom. The van der Waals surface area contributed by atoms with E-state index in [1.807, 2.05) is 25.5 Å². The summed E-state index contributed by atoms with van der Waals surface area (Å²) in [6, 6.07) is 25.2. The van der Waals surface area contributed by atoms with Gasteiger partial charge in [-0.3, -0.25) is 0 Å². The molecule has 124 valence electrons. The number of rotatable bonds is 2. The molecule has 0 amide bonds. The van der Waals surface area contributed by atoms with Gasteiger partial charge in [-0.25, -0.2) is 0 Å². The van der Waals surface area contributed by atoms with E-state index in [0.29, 0.717) is 0 Å². The van der Waals surface area contributed by atoms with E-state index in [9.17, 15) is 4.57 Å². The maximum atomic E-state index is 12.6. The van der Waals surface area contributed by atoms with Crippen LogP contribution < -0.4 is 5.30 Å². The van der Waals surface area contributed by atoms with Gasteiger partial charge in [0.25, 0.3) is 0 Å². The van der Waals surface area contributed by atoms with Crippen molar-refractivity contribution in [1.82, 2.24) is 0 Å². The van der Waals surface area contributed by atoms with Crippen molar-refractivity contribution < 1.29 is 4.57 Å². The topological polar surface area (TPSA) is 17.1 Å². The predicted molar refractivity (Wildman–Crippen MR) is 114 cm³/mol. The number of fused-ring (bicyclic) bond motifs is 2. The molecular weight excluding hydrogens is 391 g/mol. The molecule has 25 heavy (non-hydrogen) atoms. The lowest BCUT2D eigenvalue weighted by molar-refractivity contribution is 0.588. The molecule has 3 heteroatoms. The fraction of sp³-hybridized carbons (Fsp3) is 0.0909. The van der Waals surface area contributed by atoms with Crippen molar-refractivity contribution in [3.05, 3.63) is 77.3 Å². The highest BCUT2D eigenvalue weighted by molar-refractivity contribution is 9.10. The third-order valence-electron chi connectivity index (χ3n) is 4.58. The fourth-order valence-corrected chi connectivity index (χ4v) is 4.60. The van der Waals surface area contributed by atoms with E-state index in [4.69, 9.17) is 0 Å². The highest BCUT2D eigenvalue weighted by Gasteiger charge is 2.15. The maximum Gasteiger partial charge on any atom is 0.109 e. The molecule has 4 aromatic carbocycles. The minimum absolute atomic E-state index is 0.918. The maximum absolute atomic E-state index is 12.6. The number of hydrogen-bond donors (Lipinski definition) is 0. The Morgan fingerprint density at radius 1 is 0.760 bits per heavy atom. The molecule has 0 bridgehead atoms. The quantitative estimate of drug-likeness (QED) is 0.267. The molecule has 0 atom stereocenters. The Balaban J connectivity index is 2.15. The van der Waals surface area contributed by atoms with Gasteiger partial charge in [0.2, 0.25) is 0 Å². The van der Waals surface area contributed by atoms with Gasteiger partial charge in [-0.1, -0.05) is 64.5 Å². The van der Waals surface area contributed by atoms with E-state index in [0.717, 1.165) is 15.3 Å². The first-order valence-corrected chi connectivity index (χ1v) is 11.6. The molecule has 0 N–H and O–H groups in total. The average Bonchev–Trinajstić information content (AvgIpc) is 2.59. The predicted octanol–water partition coefficient (Wildman–Crippen LogP) is 6.67. The van der Waals surface area contributed by atoms with Gasteiger partial charge in [-0.2, -0.15) is 0 Å². The Hall–Kier alpha value is -1.89. The number of halogens is 1. The van der Waals surface area contributed by atoms with Gasteiger partial charge in [0, 0.05) is 9.78 Å². The van der Waals surface area contributed by atoms with Crippen molar-refractivity contribution in [2.75, 3.05) is 13.3 Å². The third kappa shape index (κ3) is 3.05. The summed E-state index contributed by atoms with van der Waals surface area (Å²) in [5, 5.41) is 5.76. The van der Waals surface area contributed by atoms with Crippen LogP contribution in [-0.2, 0) is 4.57 Å². The second-order valence-electron chi connectivity index (χ2n) is 6.74. The Kier molecular flexibility index (Phi) is 4.06. The summed E-state index contributed by atoms with van der Waals surface area (Å²) >= 11 is 3.60. The molecule has 4 rings (SSSR count). The van der Waals surface area contributed by atoms with Gasteiger partial charge < -0.3 is 4.57 Å². The number of benzene rings is 4. The molecular formula is C22H18BrOP. The first-order valence-electron chi connectivity index (χ1n) is 8.20. The zero-order valence-corrected chi connectivity index (χ0v) is 16.6. The first kappa shape index (κ1) is 16.6. The Labute approximate surface area is 156 Å². The van der Waals surface area contributed by atoms with Crippen molar-refractivity contribution in [2.45, 2.75) is 0 Å². The minimum atomic E-state index is -2.31. The summed E-state index contributed by atoms with van der Waals surface area (Å²) in [7, 11) is -2.31. The monoisotopic (exact) mass is 408 g/mol. The van der Waals surface area contributed by atoms with Crippen LogP contribution in [0.4, 0.5) is 0 Å². The van der Waals surface area contributed by atoms with Crippen LogP contribution in [0.2, 0.25) is 0 Å².